The number of hydrogen-bond donors (Lipinski definition) is 1. The van der Waals surface area contributed by atoms with Crippen LogP contribution in [0.5, 0.6) is 0 Å². The van der Waals surface area contributed by atoms with E-state index in [1.165, 1.54) is 22.7 Å². The monoisotopic (exact) mass is 278 g/mol. The summed E-state index contributed by atoms with van der Waals surface area (Å²) < 4.78 is 0.719. The minimum atomic E-state index is -0.659. The van der Waals surface area contributed by atoms with Gasteiger partial charge in [0.2, 0.25) is 0 Å². The van der Waals surface area contributed by atoms with Gasteiger partial charge in [0.25, 0.3) is 0 Å². The van der Waals surface area contributed by atoms with Crippen molar-refractivity contribution in [3.8, 4) is 0 Å². The molecule has 2 aromatic heterocycles. The highest BCUT2D eigenvalue weighted by Gasteiger charge is 2.18. The van der Waals surface area contributed by atoms with Crippen LogP contribution in [-0.4, -0.2) is 5.11 Å². The number of rotatable bonds is 2. The Labute approximate surface area is 106 Å². The van der Waals surface area contributed by atoms with Crippen LogP contribution in [0.1, 0.15) is 21.4 Å². The van der Waals surface area contributed by atoms with Gasteiger partial charge >= 0.3 is 0 Å². The van der Waals surface area contributed by atoms with E-state index in [2.05, 4.69) is 0 Å². The highest BCUT2D eigenvalue weighted by atomic mass is 35.5. The average molecular weight is 279 g/mol. The molecular formula is C10H8Cl2OS2. The summed E-state index contributed by atoms with van der Waals surface area (Å²) in [6.45, 7) is 1.92. The van der Waals surface area contributed by atoms with Crippen LogP contribution < -0.4 is 0 Å². The van der Waals surface area contributed by atoms with Crippen LogP contribution in [0.2, 0.25) is 9.36 Å². The Morgan fingerprint density at radius 2 is 2.13 bits per heavy atom. The van der Waals surface area contributed by atoms with Crippen molar-refractivity contribution in [1.29, 1.82) is 0 Å². The molecule has 0 radical (unpaired) electrons. The lowest BCUT2D eigenvalue weighted by Crippen LogP contribution is -1.93. The van der Waals surface area contributed by atoms with E-state index < -0.39 is 6.10 Å². The van der Waals surface area contributed by atoms with Gasteiger partial charge < -0.3 is 5.11 Å². The third-order valence-electron chi connectivity index (χ3n) is 2.04. The molecule has 0 aliphatic carbocycles. The predicted molar refractivity (Wildman–Crippen MR) is 67.5 cm³/mol. The first-order valence-corrected chi connectivity index (χ1v) is 6.71. The summed E-state index contributed by atoms with van der Waals surface area (Å²) in [4.78, 5) is 1.61. The van der Waals surface area contributed by atoms with Gasteiger partial charge in [-0.05, 0) is 30.0 Å². The maximum atomic E-state index is 10.1. The number of aliphatic hydroxyl groups is 1. The normalized spacial score (nSPS) is 13.1. The second kappa shape index (κ2) is 4.44. The summed E-state index contributed by atoms with van der Waals surface area (Å²) in [7, 11) is 0. The summed E-state index contributed by atoms with van der Waals surface area (Å²) in [6.07, 6.45) is -0.659. The van der Waals surface area contributed by atoms with Crippen LogP contribution in [-0.2, 0) is 0 Å². The van der Waals surface area contributed by atoms with Gasteiger partial charge in [0.05, 0.1) is 14.2 Å². The summed E-state index contributed by atoms with van der Waals surface area (Å²) >= 11 is 14.7. The summed E-state index contributed by atoms with van der Waals surface area (Å²) in [6, 6.07) is 3.68. The maximum Gasteiger partial charge on any atom is 0.124 e. The molecule has 0 saturated carbocycles. The molecule has 0 spiro atoms. The number of aryl methyl sites for hydroxylation is 1. The molecule has 0 aromatic carbocycles. The van der Waals surface area contributed by atoms with E-state index in [0.29, 0.717) is 5.02 Å². The zero-order chi connectivity index (χ0) is 11.0. The first kappa shape index (κ1) is 11.4. The molecule has 0 bridgehead atoms. The zero-order valence-corrected chi connectivity index (χ0v) is 11.0. The molecule has 1 unspecified atom stereocenters. The molecule has 1 N–H and O–H groups in total. The van der Waals surface area contributed by atoms with Gasteiger partial charge in [0.1, 0.15) is 6.10 Å². The van der Waals surface area contributed by atoms with Crippen LogP contribution >= 0.6 is 45.9 Å². The fraction of sp³-hybridized carbons (Fsp3) is 0.200. The molecule has 0 fully saturated rings. The Balaban J connectivity index is 2.36. The van der Waals surface area contributed by atoms with E-state index in [0.717, 1.165) is 19.7 Å². The topological polar surface area (TPSA) is 20.2 Å². The molecule has 0 amide bonds. The van der Waals surface area contributed by atoms with Crippen LogP contribution in [0.4, 0.5) is 0 Å². The SMILES string of the molecule is Cc1cc(C(O)c2sccc2Cl)sc1Cl. The van der Waals surface area contributed by atoms with Gasteiger partial charge in [-0.2, -0.15) is 0 Å². The number of aliphatic hydroxyl groups excluding tert-OH is 1. The van der Waals surface area contributed by atoms with Crippen molar-refractivity contribution >= 4 is 45.9 Å². The highest BCUT2D eigenvalue weighted by Crippen LogP contribution is 2.38. The molecule has 1 atom stereocenters. The molecule has 1 nitrogen and oxygen atoms in total. The number of hydrogen-bond acceptors (Lipinski definition) is 3. The second-order valence-electron chi connectivity index (χ2n) is 3.14. The third kappa shape index (κ3) is 2.22. The van der Waals surface area contributed by atoms with Crippen molar-refractivity contribution in [2.45, 2.75) is 13.0 Å². The first-order valence-electron chi connectivity index (χ1n) is 4.26. The lowest BCUT2D eigenvalue weighted by molar-refractivity contribution is 0.228. The van der Waals surface area contributed by atoms with E-state index in [4.69, 9.17) is 23.2 Å². The van der Waals surface area contributed by atoms with E-state index in [-0.39, 0.29) is 0 Å². The van der Waals surface area contributed by atoms with Crippen molar-refractivity contribution in [2.24, 2.45) is 0 Å². The number of thiophene rings is 2. The van der Waals surface area contributed by atoms with E-state index in [1.807, 2.05) is 18.4 Å². The Morgan fingerprint density at radius 3 is 2.60 bits per heavy atom. The van der Waals surface area contributed by atoms with Crippen molar-refractivity contribution in [1.82, 2.24) is 0 Å². The minimum absolute atomic E-state index is 0.606. The molecule has 15 heavy (non-hydrogen) atoms. The molecule has 2 rings (SSSR count). The van der Waals surface area contributed by atoms with Crippen molar-refractivity contribution in [2.75, 3.05) is 0 Å². The van der Waals surface area contributed by atoms with Crippen LogP contribution in [0.25, 0.3) is 0 Å². The third-order valence-corrected chi connectivity index (χ3v) is 5.06. The van der Waals surface area contributed by atoms with Crippen molar-refractivity contribution in [3.05, 3.63) is 42.2 Å². The molecule has 2 heterocycles. The van der Waals surface area contributed by atoms with Crippen LogP contribution in [0, 0.1) is 6.92 Å². The Bertz CT molecular complexity index is 456. The Kier molecular flexibility index (Phi) is 3.38. The van der Waals surface area contributed by atoms with E-state index in [1.54, 1.807) is 6.07 Å². The Hall–Kier alpha value is -0.0600. The van der Waals surface area contributed by atoms with Crippen molar-refractivity contribution in [3.63, 3.8) is 0 Å². The standard InChI is InChI=1S/C10H8Cl2OS2/c1-5-4-7(15-10(5)12)8(13)9-6(11)2-3-14-9/h2-4,8,13H,1H3. The molecule has 0 aliphatic rings. The second-order valence-corrected chi connectivity index (χ2v) is 6.18. The van der Waals surface area contributed by atoms with Gasteiger partial charge in [-0.1, -0.05) is 23.2 Å². The number of halogens is 2. The first-order chi connectivity index (χ1) is 7.09. The summed E-state index contributed by atoms with van der Waals surface area (Å²) in [5, 5.41) is 12.5. The molecule has 5 heteroatoms. The molecule has 0 saturated heterocycles. The van der Waals surface area contributed by atoms with E-state index in [9.17, 15) is 5.11 Å². The molecule has 0 aliphatic heterocycles. The van der Waals surface area contributed by atoms with Gasteiger partial charge in [-0.15, -0.1) is 22.7 Å². The largest absolute Gasteiger partial charge is 0.382 e. The maximum absolute atomic E-state index is 10.1. The van der Waals surface area contributed by atoms with E-state index >= 15 is 0 Å². The summed E-state index contributed by atoms with van der Waals surface area (Å²) in [5.41, 5.74) is 0.989. The van der Waals surface area contributed by atoms with Gasteiger partial charge in [-0.25, -0.2) is 0 Å². The molecular weight excluding hydrogens is 271 g/mol. The quantitative estimate of drug-likeness (QED) is 0.857. The summed E-state index contributed by atoms with van der Waals surface area (Å²) in [5.74, 6) is 0. The fourth-order valence-corrected chi connectivity index (χ4v) is 3.70. The Morgan fingerprint density at radius 1 is 1.40 bits per heavy atom. The zero-order valence-electron chi connectivity index (χ0n) is 7.83. The van der Waals surface area contributed by atoms with Crippen LogP contribution in [0.3, 0.4) is 0 Å². The average Bonchev–Trinajstić information content (AvgIpc) is 2.74. The smallest absolute Gasteiger partial charge is 0.124 e. The fourth-order valence-electron chi connectivity index (χ4n) is 1.25. The lowest BCUT2D eigenvalue weighted by atomic mass is 10.2. The van der Waals surface area contributed by atoms with Gasteiger partial charge in [0.15, 0.2) is 0 Å². The molecule has 80 valence electrons. The van der Waals surface area contributed by atoms with Crippen LogP contribution in [0.15, 0.2) is 17.5 Å². The van der Waals surface area contributed by atoms with Gasteiger partial charge in [0, 0.05) is 4.88 Å². The molecule has 2 aromatic rings. The van der Waals surface area contributed by atoms with Crippen molar-refractivity contribution < 1.29 is 5.11 Å². The lowest BCUT2D eigenvalue weighted by Gasteiger charge is -2.05. The minimum Gasteiger partial charge on any atom is -0.382 e. The predicted octanol–water partition coefficient (Wildman–Crippen LogP) is 4.51. The van der Waals surface area contributed by atoms with Gasteiger partial charge in [-0.3, -0.25) is 0 Å². The highest BCUT2D eigenvalue weighted by molar-refractivity contribution is 7.16.